The maximum atomic E-state index is 11.4. The van der Waals surface area contributed by atoms with Crippen LogP contribution < -0.4 is 0 Å². The zero-order valence-corrected chi connectivity index (χ0v) is 16.9. The Hall–Kier alpha value is -0.730. The summed E-state index contributed by atoms with van der Waals surface area (Å²) in [6.07, 6.45) is 8.98. The van der Waals surface area contributed by atoms with Crippen molar-refractivity contribution in [3.8, 4) is 0 Å². The lowest BCUT2D eigenvalue weighted by Gasteiger charge is -2.19. The van der Waals surface area contributed by atoms with Gasteiger partial charge < -0.3 is 29.9 Å². The fourth-order valence-corrected chi connectivity index (χ4v) is 2.71. The standard InChI is InChI=1S/C20H40O7/c1-2-3-10-19(26-15-17(23)13-21)11-8-6-4-5-7-9-12-20(25)27-16-18(24)14-22/h17-19,21-24H,2-16H2,1H3. The van der Waals surface area contributed by atoms with Crippen LogP contribution in [0.15, 0.2) is 0 Å². The van der Waals surface area contributed by atoms with Gasteiger partial charge in [0, 0.05) is 6.42 Å². The van der Waals surface area contributed by atoms with Gasteiger partial charge in [0.1, 0.15) is 18.8 Å². The van der Waals surface area contributed by atoms with Crippen molar-refractivity contribution in [2.75, 3.05) is 26.4 Å². The number of aliphatic hydroxyl groups is 4. The molecular formula is C20H40O7. The number of carbonyl (C=O) groups excluding carboxylic acids is 1. The van der Waals surface area contributed by atoms with Crippen LogP contribution in [0, 0.1) is 0 Å². The molecule has 0 aliphatic rings. The van der Waals surface area contributed by atoms with Crippen LogP contribution >= 0.6 is 0 Å². The van der Waals surface area contributed by atoms with E-state index in [1.807, 2.05) is 0 Å². The predicted octanol–water partition coefficient (Wildman–Crippen LogP) is 1.93. The summed E-state index contributed by atoms with van der Waals surface area (Å²) < 4.78 is 10.6. The van der Waals surface area contributed by atoms with E-state index in [2.05, 4.69) is 6.92 Å². The van der Waals surface area contributed by atoms with E-state index in [-0.39, 0.29) is 31.9 Å². The van der Waals surface area contributed by atoms with Gasteiger partial charge in [-0.15, -0.1) is 0 Å². The van der Waals surface area contributed by atoms with E-state index in [0.29, 0.717) is 6.42 Å². The first-order valence-corrected chi connectivity index (χ1v) is 10.4. The number of hydrogen-bond donors (Lipinski definition) is 4. The fraction of sp³-hybridized carbons (Fsp3) is 0.950. The van der Waals surface area contributed by atoms with Gasteiger partial charge in [-0.05, 0) is 19.3 Å². The minimum absolute atomic E-state index is 0.147. The second kappa shape index (κ2) is 18.6. The highest BCUT2D eigenvalue weighted by Crippen LogP contribution is 2.15. The first-order valence-electron chi connectivity index (χ1n) is 10.4. The summed E-state index contributed by atoms with van der Waals surface area (Å²) in [5, 5.41) is 36.0. The summed E-state index contributed by atoms with van der Waals surface area (Å²) in [7, 11) is 0. The summed E-state index contributed by atoms with van der Waals surface area (Å²) in [6.45, 7) is 1.52. The smallest absolute Gasteiger partial charge is 0.305 e. The number of carbonyl (C=O) groups is 1. The van der Waals surface area contributed by atoms with Crippen molar-refractivity contribution in [3.05, 3.63) is 0 Å². The third kappa shape index (κ3) is 17.1. The molecule has 7 nitrogen and oxygen atoms in total. The molecule has 0 amide bonds. The molecule has 0 fully saturated rings. The molecular weight excluding hydrogens is 352 g/mol. The molecule has 0 aliphatic heterocycles. The normalized spacial score (nSPS) is 14.7. The SMILES string of the molecule is CCCCC(CCCCCCCCC(=O)OCC(O)CO)OCC(O)CO. The summed E-state index contributed by atoms with van der Waals surface area (Å²) >= 11 is 0. The van der Waals surface area contributed by atoms with Crippen LogP contribution in [0.2, 0.25) is 0 Å². The van der Waals surface area contributed by atoms with Gasteiger partial charge in [0.05, 0.1) is 25.9 Å². The van der Waals surface area contributed by atoms with Crippen LogP contribution in [0.4, 0.5) is 0 Å². The van der Waals surface area contributed by atoms with Gasteiger partial charge in [-0.1, -0.05) is 51.9 Å². The highest BCUT2D eigenvalue weighted by Gasteiger charge is 2.11. The lowest BCUT2D eigenvalue weighted by Crippen LogP contribution is -2.24. The molecule has 4 N–H and O–H groups in total. The molecule has 3 atom stereocenters. The average molecular weight is 393 g/mol. The Bertz CT molecular complexity index is 338. The van der Waals surface area contributed by atoms with Crippen molar-refractivity contribution in [1.82, 2.24) is 0 Å². The first-order chi connectivity index (χ1) is 13.0. The Morgan fingerprint density at radius 2 is 1.37 bits per heavy atom. The Labute approximate surface area is 163 Å². The summed E-state index contributed by atoms with van der Waals surface area (Å²) in [4.78, 5) is 11.4. The van der Waals surface area contributed by atoms with Crippen LogP contribution in [0.3, 0.4) is 0 Å². The number of ether oxygens (including phenoxy) is 2. The van der Waals surface area contributed by atoms with Gasteiger partial charge in [-0.25, -0.2) is 0 Å². The van der Waals surface area contributed by atoms with Gasteiger partial charge in [-0.2, -0.15) is 0 Å². The molecule has 0 radical (unpaired) electrons. The van der Waals surface area contributed by atoms with E-state index in [1.54, 1.807) is 0 Å². The maximum absolute atomic E-state index is 11.4. The molecule has 0 heterocycles. The van der Waals surface area contributed by atoms with Gasteiger partial charge in [0.2, 0.25) is 0 Å². The highest BCUT2D eigenvalue weighted by molar-refractivity contribution is 5.69. The highest BCUT2D eigenvalue weighted by atomic mass is 16.5. The Kier molecular flexibility index (Phi) is 18.1. The zero-order valence-electron chi connectivity index (χ0n) is 16.9. The molecule has 0 aromatic heterocycles. The second-order valence-corrected chi connectivity index (χ2v) is 7.11. The van der Waals surface area contributed by atoms with Crippen molar-refractivity contribution in [1.29, 1.82) is 0 Å². The van der Waals surface area contributed by atoms with Crippen molar-refractivity contribution in [2.24, 2.45) is 0 Å². The Morgan fingerprint density at radius 3 is 2.00 bits per heavy atom. The van der Waals surface area contributed by atoms with Gasteiger partial charge in [0.25, 0.3) is 0 Å². The molecule has 0 saturated heterocycles. The number of esters is 1. The largest absolute Gasteiger partial charge is 0.463 e. The molecule has 7 heteroatoms. The topological polar surface area (TPSA) is 116 Å². The number of unbranched alkanes of at least 4 members (excludes halogenated alkanes) is 6. The van der Waals surface area contributed by atoms with Crippen LogP contribution in [0.25, 0.3) is 0 Å². The fourth-order valence-electron chi connectivity index (χ4n) is 2.71. The number of hydrogen-bond acceptors (Lipinski definition) is 7. The quantitative estimate of drug-likeness (QED) is 0.196. The van der Waals surface area contributed by atoms with Crippen LogP contribution in [0.1, 0.15) is 77.6 Å². The molecule has 162 valence electrons. The van der Waals surface area contributed by atoms with Crippen molar-refractivity contribution < 1.29 is 34.7 Å². The molecule has 0 aromatic rings. The maximum Gasteiger partial charge on any atom is 0.305 e. The molecule has 0 aromatic carbocycles. The minimum atomic E-state index is -0.994. The molecule has 0 aliphatic carbocycles. The molecule has 0 rings (SSSR count). The van der Waals surface area contributed by atoms with E-state index >= 15 is 0 Å². The Morgan fingerprint density at radius 1 is 0.815 bits per heavy atom. The predicted molar refractivity (Wildman–Crippen MR) is 103 cm³/mol. The van der Waals surface area contributed by atoms with Crippen molar-refractivity contribution >= 4 is 5.97 Å². The van der Waals surface area contributed by atoms with Gasteiger partial charge in [-0.3, -0.25) is 4.79 Å². The molecule has 0 bridgehead atoms. The third-order valence-electron chi connectivity index (χ3n) is 4.42. The molecule has 0 saturated carbocycles. The van der Waals surface area contributed by atoms with E-state index in [1.165, 1.54) is 0 Å². The lowest BCUT2D eigenvalue weighted by molar-refractivity contribution is -0.147. The van der Waals surface area contributed by atoms with Crippen molar-refractivity contribution in [2.45, 2.75) is 95.9 Å². The second-order valence-electron chi connectivity index (χ2n) is 7.11. The summed E-state index contributed by atoms with van der Waals surface area (Å²) in [5.74, 6) is -0.330. The molecule has 0 spiro atoms. The summed E-state index contributed by atoms with van der Waals surface area (Å²) in [5.41, 5.74) is 0. The van der Waals surface area contributed by atoms with E-state index < -0.39 is 18.8 Å². The van der Waals surface area contributed by atoms with Crippen LogP contribution in [-0.4, -0.2) is 71.1 Å². The lowest BCUT2D eigenvalue weighted by atomic mass is 10.0. The molecule has 3 unspecified atom stereocenters. The number of rotatable bonds is 19. The minimum Gasteiger partial charge on any atom is -0.463 e. The summed E-state index contributed by atoms with van der Waals surface area (Å²) in [6, 6.07) is 0. The molecule has 27 heavy (non-hydrogen) atoms. The van der Waals surface area contributed by atoms with E-state index in [0.717, 1.165) is 64.2 Å². The monoisotopic (exact) mass is 392 g/mol. The average Bonchev–Trinajstić information content (AvgIpc) is 2.68. The van der Waals surface area contributed by atoms with Gasteiger partial charge in [0.15, 0.2) is 0 Å². The third-order valence-corrected chi connectivity index (χ3v) is 4.42. The van der Waals surface area contributed by atoms with Crippen molar-refractivity contribution in [3.63, 3.8) is 0 Å². The first kappa shape index (κ1) is 26.3. The van der Waals surface area contributed by atoms with Crippen LogP contribution in [-0.2, 0) is 14.3 Å². The number of aliphatic hydroxyl groups excluding tert-OH is 4. The van der Waals surface area contributed by atoms with Gasteiger partial charge >= 0.3 is 5.97 Å². The van der Waals surface area contributed by atoms with E-state index in [4.69, 9.17) is 24.8 Å². The zero-order chi connectivity index (χ0) is 20.3. The van der Waals surface area contributed by atoms with E-state index in [9.17, 15) is 9.90 Å². The Balaban J connectivity index is 3.64. The van der Waals surface area contributed by atoms with Crippen LogP contribution in [0.5, 0.6) is 0 Å².